The van der Waals surface area contributed by atoms with E-state index in [9.17, 15) is 0 Å². The Balaban J connectivity index is 1.91. The maximum absolute atomic E-state index is 5.89. The number of rotatable bonds is 1. The molecule has 0 bridgehead atoms. The molecule has 98 valence electrons. The Labute approximate surface area is 107 Å². The lowest BCUT2D eigenvalue weighted by atomic mass is 9.90. The highest BCUT2D eigenvalue weighted by Crippen LogP contribution is 2.32. The van der Waals surface area contributed by atoms with Crippen molar-refractivity contribution in [1.29, 1.82) is 0 Å². The molecule has 0 spiro atoms. The normalized spacial score (nSPS) is 27.9. The maximum atomic E-state index is 5.89. The Morgan fingerprint density at radius 1 is 1.39 bits per heavy atom. The third-order valence-electron chi connectivity index (χ3n) is 3.97. The van der Waals surface area contributed by atoms with Crippen LogP contribution in [-0.2, 0) is 4.74 Å². The molecule has 2 aliphatic rings. The van der Waals surface area contributed by atoms with Gasteiger partial charge in [0, 0.05) is 18.3 Å². The molecule has 0 amide bonds. The molecule has 1 aliphatic heterocycles. The van der Waals surface area contributed by atoms with Gasteiger partial charge in [0.1, 0.15) is 5.82 Å². The number of ether oxygens (including phenoxy) is 1. The smallest absolute Gasteiger partial charge is 0.221 e. The number of anilines is 2. The molecular weight excluding hydrogens is 228 g/mol. The van der Waals surface area contributed by atoms with E-state index in [1.165, 1.54) is 25.7 Å². The first-order valence-corrected chi connectivity index (χ1v) is 6.73. The molecule has 5 heteroatoms. The van der Waals surface area contributed by atoms with Crippen LogP contribution in [-0.4, -0.2) is 35.3 Å². The Kier molecular flexibility index (Phi) is 3.07. The second-order valence-corrected chi connectivity index (χ2v) is 5.19. The van der Waals surface area contributed by atoms with Crippen molar-refractivity contribution in [2.75, 3.05) is 23.8 Å². The molecule has 1 saturated carbocycles. The zero-order chi connectivity index (χ0) is 12.5. The summed E-state index contributed by atoms with van der Waals surface area (Å²) in [5.74, 6) is 1.34. The summed E-state index contributed by atoms with van der Waals surface area (Å²) in [6, 6.07) is 0.459. The van der Waals surface area contributed by atoms with E-state index in [4.69, 9.17) is 10.5 Å². The SMILES string of the molecule is Cc1cnc(N)nc1N1CCOC2CCCCC21. The summed E-state index contributed by atoms with van der Waals surface area (Å²) in [6.45, 7) is 3.73. The number of aromatic nitrogens is 2. The van der Waals surface area contributed by atoms with Crippen molar-refractivity contribution in [2.45, 2.75) is 44.8 Å². The molecule has 3 rings (SSSR count). The van der Waals surface area contributed by atoms with E-state index < -0.39 is 0 Å². The van der Waals surface area contributed by atoms with Gasteiger partial charge in [-0.15, -0.1) is 0 Å². The largest absolute Gasteiger partial charge is 0.374 e. The Morgan fingerprint density at radius 3 is 3.11 bits per heavy atom. The topological polar surface area (TPSA) is 64.3 Å². The molecule has 1 aliphatic carbocycles. The first kappa shape index (κ1) is 11.7. The van der Waals surface area contributed by atoms with Gasteiger partial charge < -0.3 is 15.4 Å². The molecule has 1 aromatic rings. The van der Waals surface area contributed by atoms with Crippen LogP contribution in [0.5, 0.6) is 0 Å². The molecule has 0 radical (unpaired) electrons. The summed E-state index contributed by atoms with van der Waals surface area (Å²) in [4.78, 5) is 10.8. The van der Waals surface area contributed by atoms with Gasteiger partial charge in [0.15, 0.2) is 0 Å². The molecule has 1 aromatic heterocycles. The predicted octanol–water partition coefficient (Wildman–Crippen LogP) is 1.52. The molecule has 18 heavy (non-hydrogen) atoms. The molecule has 2 unspecified atom stereocenters. The van der Waals surface area contributed by atoms with Crippen LogP contribution in [0, 0.1) is 6.92 Å². The van der Waals surface area contributed by atoms with Crippen molar-refractivity contribution < 1.29 is 4.74 Å². The Morgan fingerprint density at radius 2 is 2.22 bits per heavy atom. The fourth-order valence-corrected chi connectivity index (χ4v) is 3.10. The van der Waals surface area contributed by atoms with E-state index in [1.54, 1.807) is 0 Å². The maximum Gasteiger partial charge on any atom is 0.221 e. The average Bonchev–Trinajstić information content (AvgIpc) is 2.41. The van der Waals surface area contributed by atoms with Gasteiger partial charge in [0.25, 0.3) is 0 Å². The van der Waals surface area contributed by atoms with Crippen molar-refractivity contribution in [2.24, 2.45) is 0 Å². The first-order valence-electron chi connectivity index (χ1n) is 6.73. The molecule has 2 atom stereocenters. The predicted molar refractivity (Wildman–Crippen MR) is 70.5 cm³/mol. The minimum absolute atomic E-state index is 0.356. The van der Waals surface area contributed by atoms with Crippen LogP contribution in [0.25, 0.3) is 0 Å². The first-order chi connectivity index (χ1) is 8.75. The zero-order valence-corrected chi connectivity index (χ0v) is 10.8. The van der Waals surface area contributed by atoms with Gasteiger partial charge in [-0.25, -0.2) is 4.98 Å². The average molecular weight is 248 g/mol. The van der Waals surface area contributed by atoms with Crippen LogP contribution < -0.4 is 10.6 Å². The third-order valence-corrected chi connectivity index (χ3v) is 3.97. The van der Waals surface area contributed by atoms with Crippen LogP contribution in [0.4, 0.5) is 11.8 Å². The van der Waals surface area contributed by atoms with Crippen molar-refractivity contribution >= 4 is 11.8 Å². The second kappa shape index (κ2) is 4.72. The van der Waals surface area contributed by atoms with E-state index >= 15 is 0 Å². The summed E-state index contributed by atoms with van der Waals surface area (Å²) in [6.07, 6.45) is 7.09. The molecule has 5 nitrogen and oxygen atoms in total. The molecule has 2 fully saturated rings. The standard InChI is InChI=1S/C13H20N4O/c1-9-8-15-13(14)16-12(9)17-6-7-18-11-5-3-2-4-10(11)17/h8,10-11H,2-7H2,1H3,(H2,14,15,16). The van der Waals surface area contributed by atoms with Crippen LogP contribution in [0.15, 0.2) is 6.20 Å². The molecule has 2 N–H and O–H groups in total. The summed E-state index contributed by atoms with van der Waals surface area (Å²) in [5.41, 5.74) is 6.82. The second-order valence-electron chi connectivity index (χ2n) is 5.19. The van der Waals surface area contributed by atoms with E-state index in [2.05, 4.69) is 14.9 Å². The minimum atomic E-state index is 0.356. The van der Waals surface area contributed by atoms with Crippen molar-refractivity contribution in [3.05, 3.63) is 11.8 Å². The van der Waals surface area contributed by atoms with Gasteiger partial charge in [0.05, 0.1) is 18.8 Å². The summed E-state index contributed by atoms with van der Waals surface area (Å²) in [5, 5.41) is 0. The quantitative estimate of drug-likeness (QED) is 0.816. The van der Waals surface area contributed by atoms with Crippen LogP contribution in [0.3, 0.4) is 0 Å². The lowest BCUT2D eigenvalue weighted by molar-refractivity contribution is -0.00903. The van der Waals surface area contributed by atoms with E-state index in [0.717, 1.165) is 24.5 Å². The number of nitrogens with two attached hydrogens (primary N) is 1. The molecular formula is C13H20N4O. The number of fused-ring (bicyclic) bond motifs is 1. The van der Waals surface area contributed by atoms with E-state index in [0.29, 0.717) is 18.1 Å². The monoisotopic (exact) mass is 248 g/mol. The van der Waals surface area contributed by atoms with Crippen molar-refractivity contribution in [3.63, 3.8) is 0 Å². The van der Waals surface area contributed by atoms with Crippen LogP contribution >= 0.6 is 0 Å². The van der Waals surface area contributed by atoms with Gasteiger partial charge in [-0.1, -0.05) is 12.8 Å². The van der Waals surface area contributed by atoms with Crippen LogP contribution in [0.1, 0.15) is 31.2 Å². The molecule has 2 heterocycles. The summed E-state index contributed by atoms with van der Waals surface area (Å²) < 4.78 is 5.89. The van der Waals surface area contributed by atoms with Gasteiger partial charge in [-0.05, 0) is 19.8 Å². The number of hydrogen-bond acceptors (Lipinski definition) is 5. The van der Waals surface area contributed by atoms with Crippen molar-refractivity contribution in [1.82, 2.24) is 9.97 Å². The van der Waals surface area contributed by atoms with Gasteiger partial charge in [-0.3, -0.25) is 0 Å². The van der Waals surface area contributed by atoms with Gasteiger partial charge in [-0.2, -0.15) is 4.98 Å². The fourth-order valence-electron chi connectivity index (χ4n) is 3.10. The highest BCUT2D eigenvalue weighted by atomic mass is 16.5. The third kappa shape index (κ3) is 2.03. The van der Waals surface area contributed by atoms with E-state index in [1.807, 2.05) is 13.1 Å². The Hall–Kier alpha value is -1.36. The highest BCUT2D eigenvalue weighted by Gasteiger charge is 2.35. The van der Waals surface area contributed by atoms with Gasteiger partial charge in [0.2, 0.25) is 5.95 Å². The summed E-state index contributed by atoms with van der Waals surface area (Å²) in [7, 11) is 0. The fraction of sp³-hybridized carbons (Fsp3) is 0.692. The number of morpholine rings is 1. The number of nitrogen functional groups attached to an aromatic ring is 1. The summed E-state index contributed by atoms with van der Waals surface area (Å²) >= 11 is 0. The van der Waals surface area contributed by atoms with Crippen molar-refractivity contribution in [3.8, 4) is 0 Å². The number of nitrogens with zero attached hydrogens (tertiary/aromatic N) is 3. The molecule has 1 saturated heterocycles. The lowest BCUT2D eigenvalue weighted by Crippen LogP contribution is -2.53. The number of hydrogen-bond donors (Lipinski definition) is 1. The lowest BCUT2D eigenvalue weighted by Gasteiger charge is -2.44. The molecule has 0 aromatic carbocycles. The minimum Gasteiger partial charge on any atom is -0.374 e. The Bertz CT molecular complexity index is 435. The number of aryl methyl sites for hydroxylation is 1. The van der Waals surface area contributed by atoms with E-state index in [-0.39, 0.29) is 0 Å². The highest BCUT2D eigenvalue weighted by molar-refractivity contribution is 5.49. The van der Waals surface area contributed by atoms with Crippen LogP contribution in [0.2, 0.25) is 0 Å². The van der Waals surface area contributed by atoms with Gasteiger partial charge >= 0.3 is 0 Å². The zero-order valence-electron chi connectivity index (χ0n) is 10.8.